The zero-order chi connectivity index (χ0) is 26.6. The zero-order valence-electron chi connectivity index (χ0n) is 23.1. The molecule has 2 unspecified atom stereocenters. The Labute approximate surface area is 212 Å². The first-order valence-electron chi connectivity index (χ1n) is 13.1. The summed E-state index contributed by atoms with van der Waals surface area (Å²) in [6, 6.07) is 4.37. The van der Waals surface area contributed by atoms with Gasteiger partial charge in [-0.05, 0) is 59.9 Å². The fourth-order valence-electron chi connectivity index (χ4n) is 4.00. The van der Waals surface area contributed by atoms with Crippen molar-refractivity contribution < 1.29 is 19.1 Å². The maximum absolute atomic E-state index is 13.7. The minimum Gasteiger partial charge on any atom is -0.444 e. The predicted octanol–water partition coefficient (Wildman–Crippen LogP) is 5.58. The number of carbonyl (C=O) groups is 3. The third-order valence-corrected chi connectivity index (χ3v) is 5.59. The van der Waals surface area contributed by atoms with Crippen molar-refractivity contribution in [2.45, 2.75) is 112 Å². The molecule has 1 aromatic carbocycles. The lowest BCUT2D eigenvalue weighted by Crippen LogP contribution is -2.52. The van der Waals surface area contributed by atoms with E-state index in [-0.39, 0.29) is 11.8 Å². The Kier molecular flexibility index (Phi) is 12.8. The second-order valence-corrected chi connectivity index (χ2v) is 10.4. The summed E-state index contributed by atoms with van der Waals surface area (Å²) >= 11 is 0. The van der Waals surface area contributed by atoms with Gasteiger partial charge in [0.05, 0.1) is 0 Å². The second kappa shape index (κ2) is 14.7. The Morgan fingerprint density at radius 3 is 2.09 bits per heavy atom. The third-order valence-electron chi connectivity index (χ3n) is 5.59. The molecule has 3 amide bonds. The van der Waals surface area contributed by atoms with Crippen LogP contribution in [0.15, 0.2) is 18.2 Å². The standard InChI is InChI=1S/C28H47N3O4/c1-9-11-13-14-16-31(26(33)22(5)30-27(34)35-28(6,7)8)24(25(32)29-15-12-10-2)23-18-20(3)17-21(4)19-23/h17-19,22,24H,9-16H2,1-8H3,(H,29,32)(H,30,34). The third kappa shape index (κ3) is 11.1. The lowest BCUT2D eigenvalue weighted by atomic mass is 9.98. The first-order chi connectivity index (χ1) is 16.4. The summed E-state index contributed by atoms with van der Waals surface area (Å²) in [5.41, 5.74) is 2.17. The van der Waals surface area contributed by atoms with Gasteiger partial charge in [0.1, 0.15) is 17.7 Å². The molecule has 0 bridgehead atoms. The number of hydrogen-bond acceptors (Lipinski definition) is 4. The average Bonchev–Trinajstić information content (AvgIpc) is 2.73. The molecule has 198 valence electrons. The molecule has 2 N–H and O–H groups in total. The summed E-state index contributed by atoms with van der Waals surface area (Å²) in [6.45, 7) is 16.1. The van der Waals surface area contributed by atoms with E-state index in [9.17, 15) is 14.4 Å². The van der Waals surface area contributed by atoms with E-state index < -0.39 is 23.8 Å². The van der Waals surface area contributed by atoms with Gasteiger partial charge in [0, 0.05) is 13.1 Å². The maximum Gasteiger partial charge on any atom is 0.408 e. The molecule has 0 heterocycles. The normalized spacial score (nSPS) is 13.0. The van der Waals surface area contributed by atoms with Crippen molar-refractivity contribution in [3.05, 3.63) is 34.9 Å². The van der Waals surface area contributed by atoms with Crippen LogP contribution in [0, 0.1) is 13.8 Å². The van der Waals surface area contributed by atoms with Crippen LogP contribution in [0.2, 0.25) is 0 Å². The number of ether oxygens (including phenoxy) is 1. The number of amides is 3. The summed E-state index contributed by atoms with van der Waals surface area (Å²) in [7, 11) is 0. The quantitative estimate of drug-likeness (QED) is 0.354. The summed E-state index contributed by atoms with van der Waals surface area (Å²) in [6.07, 6.45) is 5.05. The van der Waals surface area contributed by atoms with Crippen LogP contribution in [-0.2, 0) is 14.3 Å². The summed E-state index contributed by atoms with van der Waals surface area (Å²) in [5, 5.41) is 5.68. The molecule has 0 aliphatic rings. The largest absolute Gasteiger partial charge is 0.444 e. The predicted molar refractivity (Wildman–Crippen MR) is 141 cm³/mol. The molecular formula is C28H47N3O4. The van der Waals surface area contributed by atoms with E-state index in [0.29, 0.717) is 13.1 Å². The van der Waals surface area contributed by atoms with E-state index in [4.69, 9.17) is 4.74 Å². The van der Waals surface area contributed by atoms with Gasteiger partial charge in [0.15, 0.2) is 0 Å². The molecule has 0 aromatic heterocycles. The molecule has 2 atom stereocenters. The molecule has 0 radical (unpaired) electrons. The van der Waals surface area contributed by atoms with Crippen molar-refractivity contribution >= 4 is 17.9 Å². The van der Waals surface area contributed by atoms with Crippen LogP contribution in [0.5, 0.6) is 0 Å². The molecular weight excluding hydrogens is 442 g/mol. The molecule has 0 fully saturated rings. The van der Waals surface area contributed by atoms with E-state index in [0.717, 1.165) is 55.2 Å². The van der Waals surface area contributed by atoms with E-state index in [1.165, 1.54) is 0 Å². The summed E-state index contributed by atoms with van der Waals surface area (Å²) < 4.78 is 5.34. The van der Waals surface area contributed by atoms with Gasteiger partial charge in [-0.15, -0.1) is 0 Å². The molecule has 0 aliphatic carbocycles. The summed E-state index contributed by atoms with van der Waals surface area (Å²) in [5.74, 6) is -0.501. The Balaban J connectivity index is 3.32. The molecule has 35 heavy (non-hydrogen) atoms. The van der Waals surface area contributed by atoms with Crippen LogP contribution in [0.1, 0.15) is 103 Å². The molecule has 7 heteroatoms. The van der Waals surface area contributed by atoms with E-state index in [2.05, 4.69) is 30.5 Å². The summed E-state index contributed by atoms with van der Waals surface area (Å²) in [4.78, 5) is 41.2. The van der Waals surface area contributed by atoms with Crippen LogP contribution < -0.4 is 10.6 Å². The molecule has 1 aromatic rings. The Morgan fingerprint density at radius 2 is 1.54 bits per heavy atom. The Morgan fingerprint density at radius 1 is 0.943 bits per heavy atom. The first kappa shape index (κ1) is 30.5. The van der Waals surface area contributed by atoms with Gasteiger partial charge in [-0.25, -0.2) is 4.79 Å². The minimum atomic E-state index is -0.840. The van der Waals surface area contributed by atoms with Crippen molar-refractivity contribution in [1.29, 1.82) is 0 Å². The van der Waals surface area contributed by atoms with Crippen molar-refractivity contribution in [3.63, 3.8) is 0 Å². The van der Waals surface area contributed by atoms with E-state index in [1.54, 1.807) is 32.6 Å². The number of rotatable bonds is 13. The monoisotopic (exact) mass is 489 g/mol. The molecule has 0 aliphatic heterocycles. The van der Waals surface area contributed by atoms with Gasteiger partial charge < -0.3 is 20.3 Å². The number of aryl methyl sites for hydroxylation is 2. The van der Waals surface area contributed by atoms with Crippen molar-refractivity contribution in [3.8, 4) is 0 Å². The second-order valence-electron chi connectivity index (χ2n) is 10.4. The van der Waals surface area contributed by atoms with Crippen LogP contribution in [-0.4, -0.2) is 47.5 Å². The highest BCUT2D eigenvalue weighted by atomic mass is 16.6. The maximum atomic E-state index is 13.7. The molecule has 0 saturated carbocycles. The highest BCUT2D eigenvalue weighted by Gasteiger charge is 2.34. The van der Waals surface area contributed by atoms with Crippen LogP contribution in [0.4, 0.5) is 4.79 Å². The fourth-order valence-corrected chi connectivity index (χ4v) is 4.00. The Hall–Kier alpha value is -2.57. The zero-order valence-corrected chi connectivity index (χ0v) is 23.1. The molecule has 7 nitrogen and oxygen atoms in total. The van der Waals surface area contributed by atoms with E-state index >= 15 is 0 Å². The molecule has 0 saturated heterocycles. The van der Waals surface area contributed by atoms with Gasteiger partial charge in [-0.1, -0.05) is 68.9 Å². The number of carbonyl (C=O) groups excluding carboxylic acids is 3. The molecule has 1 rings (SSSR count). The number of alkyl carbamates (subject to hydrolysis) is 1. The number of unbranched alkanes of at least 4 members (excludes halogenated alkanes) is 4. The minimum absolute atomic E-state index is 0.197. The van der Waals surface area contributed by atoms with Crippen molar-refractivity contribution in [1.82, 2.24) is 15.5 Å². The Bertz CT molecular complexity index is 812. The number of benzene rings is 1. The van der Waals surface area contributed by atoms with Gasteiger partial charge in [-0.3, -0.25) is 9.59 Å². The lowest BCUT2D eigenvalue weighted by Gasteiger charge is -2.34. The SMILES string of the molecule is CCCCCCN(C(=O)C(C)NC(=O)OC(C)(C)C)C(C(=O)NCCCC)c1cc(C)cc(C)c1. The fraction of sp³-hybridized carbons (Fsp3) is 0.679. The average molecular weight is 490 g/mol. The topological polar surface area (TPSA) is 87.7 Å². The smallest absolute Gasteiger partial charge is 0.408 e. The van der Waals surface area contributed by atoms with Gasteiger partial charge in [0.2, 0.25) is 11.8 Å². The van der Waals surface area contributed by atoms with Gasteiger partial charge in [0.25, 0.3) is 0 Å². The van der Waals surface area contributed by atoms with Crippen LogP contribution in [0.3, 0.4) is 0 Å². The number of nitrogens with one attached hydrogen (secondary N) is 2. The van der Waals surface area contributed by atoms with Crippen molar-refractivity contribution in [2.24, 2.45) is 0 Å². The number of hydrogen-bond donors (Lipinski definition) is 2. The highest BCUT2D eigenvalue weighted by Crippen LogP contribution is 2.26. The van der Waals surface area contributed by atoms with Gasteiger partial charge in [-0.2, -0.15) is 0 Å². The van der Waals surface area contributed by atoms with Crippen LogP contribution >= 0.6 is 0 Å². The van der Waals surface area contributed by atoms with Crippen molar-refractivity contribution in [2.75, 3.05) is 13.1 Å². The lowest BCUT2D eigenvalue weighted by molar-refractivity contribution is -0.142. The highest BCUT2D eigenvalue weighted by molar-refractivity contribution is 5.92. The van der Waals surface area contributed by atoms with Crippen LogP contribution in [0.25, 0.3) is 0 Å². The van der Waals surface area contributed by atoms with Gasteiger partial charge >= 0.3 is 6.09 Å². The van der Waals surface area contributed by atoms with E-state index in [1.807, 2.05) is 26.0 Å². The molecule has 0 spiro atoms. The first-order valence-corrected chi connectivity index (χ1v) is 13.1. The number of nitrogens with zero attached hydrogens (tertiary/aromatic N) is 1.